The number of aliphatic imine (C=N–C) groups is 2. The lowest BCUT2D eigenvalue weighted by Crippen LogP contribution is -2.29. The first-order valence-corrected chi connectivity index (χ1v) is 3.38. The summed E-state index contributed by atoms with van der Waals surface area (Å²) in [4.78, 5) is 17.0. The third-order valence-electron chi connectivity index (χ3n) is 1.31. The number of hydrogen-bond acceptors (Lipinski definition) is 3. The van der Waals surface area contributed by atoms with Crippen molar-refractivity contribution in [2.45, 2.75) is 6.04 Å². The first-order chi connectivity index (χ1) is 6.11. The van der Waals surface area contributed by atoms with Gasteiger partial charge in [-0.15, -0.1) is 0 Å². The molecule has 3 N–H and O–H groups in total. The van der Waals surface area contributed by atoms with Crippen LogP contribution in [0.25, 0.3) is 0 Å². The number of nitrogens with one attached hydrogen (secondary N) is 1. The van der Waals surface area contributed by atoms with E-state index in [9.17, 15) is 10.1 Å². The van der Waals surface area contributed by atoms with E-state index in [4.69, 9.17) is 11.1 Å². The van der Waals surface area contributed by atoms with Gasteiger partial charge in [-0.25, -0.2) is 4.99 Å². The van der Waals surface area contributed by atoms with Gasteiger partial charge in [0.1, 0.15) is 0 Å². The Balaban J connectivity index is 2.95. The molecule has 0 saturated heterocycles. The number of amidine groups is 1. The molecule has 13 heavy (non-hydrogen) atoms. The highest BCUT2D eigenvalue weighted by atomic mass is 16.6. The number of allylic oxidation sites excluding steroid dienone is 1. The van der Waals surface area contributed by atoms with Gasteiger partial charge < -0.3 is 5.73 Å². The summed E-state index contributed by atoms with van der Waals surface area (Å²) in [5.41, 5.74) is 4.96. The molecule has 1 unspecified atom stereocenters. The summed E-state index contributed by atoms with van der Waals surface area (Å²) >= 11 is 0. The predicted octanol–water partition coefficient (Wildman–Crippen LogP) is -0.436. The molecule has 68 valence electrons. The molecule has 1 heterocycles. The van der Waals surface area contributed by atoms with Crippen molar-refractivity contribution in [1.82, 2.24) is 0 Å². The third-order valence-corrected chi connectivity index (χ3v) is 1.31. The highest BCUT2D eigenvalue weighted by Gasteiger charge is 2.25. The Bertz CT molecular complexity index is 330. The fourth-order valence-electron chi connectivity index (χ4n) is 0.820. The van der Waals surface area contributed by atoms with Gasteiger partial charge in [0.15, 0.2) is 0 Å². The van der Waals surface area contributed by atoms with Gasteiger partial charge in [0.25, 0.3) is 6.04 Å². The zero-order valence-electron chi connectivity index (χ0n) is 6.54. The van der Waals surface area contributed by atoms with E-state index in [1.807, 2.05) is 0 Å². The summed E-state index contributed by atoms with van der Waals surface area (Å²) < 4.78 is 0. The standard InChI is InChI=1S/C6H7N5O2/c7-6(8)10-5-4(11(12)13)2-1-3-9-5/h1-4H,(H3,7,8)/b10-5-. The molecule has 1 rings (SSSR count). The van der Waals surface area contributed by atoms with Crippen LogP contribution in [-0.2, 0) is 0 Å². The molecule has 0 saturated carbocycles. The Morgan fingerprint density at radius 2 is 2.54 bits per heavy atom. The highest BCUT2D eigenvalue weighted by molar-refractivity contribution is 6.04. The number of hydrogen-bond donors (Lipinski definition) is 2. The van der Waals surface area contributed by atoms with Crippen molar-refractivity contribution in [2.24, 2.45) is 15.7 Å². The summed E-state index contributed by atoms with van der Waals surface area (Å²) in [6, 6.07) is -1.10. The molecule has 0 aromatic carbocycles. The van der Waals surface area contributed by atoms with Crippen molar-refractivity contribution < 1.29 is 4.92 Å². The number of nitrogens with two attached hydrogens (primary N) is 1. The zero-order valence-corrected chi connectivity index (χ0v) is 6.54. The van der Waals surface area contributed by atoms with Crippen LogP contribution in [0.1, 0.15) is 0 Å². The van der Waals surface area contributed by atoms with Crippen LogP contribution in [-0.4, -0.2) is 29.0 Å². The van der Waals surface area contributed by atoms with E-state index in [1.165, 1.54) is 18.4 Å². The predicted molar refractivity (Wildman–Crippen MR) is 47.8 cm³/mol. The average molecular weight is 181 g/mol. The van der Waals surface area contributed by atoms with Crippen molar-refractivity contribution >= 4 is 18.0 Å². The SMILES string of the molecule is N=C(N)/N=C1\N=CC=CC1[N+](=O)[O-]. The molecule has 0 aliphatic carbocycles. The summed E-state index contributed by atoms with van der Waals surface area (Å²) in [6.45, 7) is 0. The van der Waals surface area contributed by atoms with Crippen molar-refractivity contribution in [2.75, 3.05) is 0 Å². The monoisotopic (exact) mass is 181 g/mol. The highest BCUT2D eigenvalue weighted by Crippen LogP contribution is 2.02. The fraction of sp³-hybridized carbons (Fsp3) is 0.167. The topological polar surface area (TPSA) is 118 Å². The fourth-order valence-corrected chi connectivity index (χ4v) is 0.820. The lowest BCUT2D eigenvalue weighted by atomic mass is 10.2. The Morgan fingerprint density at radius 3 is 3.08 bits per heavy atom. The van der Waals surface area contributed by atoms with Gasteiger partial charge >= 0.3 is 0 Å². The second-order valence-electron chi connectivity index (χ2n) is 2.25. The minimum absolute atomic E-state index is 0.0694. The van der Waals surface area contributed by atoms with Gasteiger partial charge in [-0.1, -0.05) is 0 Å². The molecule has 7 heteroatoms. The van der Waals surface area contributed by atoms with Crippen LogP contribution in [0, 0.1) is 15.5 Å². The van der Waals surface area contributed by atoms with E-state index in [0.717, 1.165) is 0 Å². The van der Waals surface area contributed by atoms with Crippen LogP contribution in [0.4, 0.5) is 0 Å². The Hall–Kier alpha value is -2.05. The maximum absolute atomic E-state index is 10.4. The molecule has 1 aliphatic rings. The second-order valence-corrected chi connectivity index (χ2v) is 2.25. The molecule has 0 fully saturated rings. The Morgan fingerprint density at radius 1 is 1.85 bits per heavy atom. The number of nitrogens with zero attached hydrogens (tertiary/aromatic N) is 3. The van der Waals surface area contributed by atoms with Crippen molar-refractivity contribution in [3.8, 4) is 0 Å². The quantitative estimate of drug-likeness (QED) is 0.247. The van der Waals surface area contributed by atoms with Crippen molar-refractivity contribution in [3.05, 3.63) is 22.3 Å². The lowest BCUT2D eigenvalue weighted by Gasteiger charge is -2.06. The third kappa shape index (κ3) is 2.19. The number of dihydropyridines is 1. The van der Waals surface area contributed by atoms with Crippen LogP contribution in [0.5, 0.6) is 0 Å². The van der Waals surface area contributed by atoms with Gasteiger partial charge in [-0.05, 0) is 12.2 Å². The minimum atomic E-state index is -1.10. The molecule has 7 nitrogen and oxygen atoms in total. The van der Waals surface area contributed by atoms with Gasteiger partial charge in [0.05, 0.1) is 0 Å². The van der Waals surface area contributed by atoms with Gasteiger partial charge in [0, 0.05) is 11.1 Å². The average Bonchev–Trinajstić information content (AvgIpc) is 2.03. The molecular formula is C6H7N5O2. The van der Waals surface area contributed by atoms with Gasteiger partial charge in [-0.2, -0.15) is 4.99 Å². The molecule has 0 radical (unpaired) electrons. The van der Waals surface area contributed by atoms with Crippen molar-refractivity contribution in [3.63, 3.8) is 0 Å². The smallest absolute Gasteiger partial charge is 0.290 e. The summed E-state index contributed by atoms with van der Waals surface area (Å²) in [6.07, 6.45) is 4.14. The number of nitro groups is 1. The minimum Gasteiger partial charge on any atom is -0.368 e. The zero-order chi connectivity index (χ0) is 9.84. The molecule has 0 spiro atoms. The Kier molecular flexibility index (Phi) is 2.48. The van der Waals surface area contributed by atoms with Crippen molar-refractivity contribution in [1.29, 1.82) is 5.41 Å². The van der Waals surface area contributed by atoms with Crippen LogP contribution < -0.4 is 5.73 Å². The second kappa shape index (κ2) is 3.57. The normalized spacial score (nSPS) is 23.4. The maximum Gasteiger partial charge on any atom is 0.290 e. The van der Waals surface area contributed by atoms with E-state index in [-0.39, 0.29) is 5.84 Å². The van der Waals surface area contributed by atoms with Crippen LogP contribution >= 0.6 is 0 Å². The van der Waals surface area contributed by atoms with E-state index in [2.05, 4.69) is 9.98 Å². The number of guanidine groups is 1. The maximum atomic E-state index is 10.4. The van der Waals surface area contributed by atoms with E-state index in [1.54, 1.807) is 0 Å². The summed E-state index contributed by atoms with van der Waals surface area (Å²) in [7, 11) is 0. The molecule has 1 aliphatic heterocycles. The summed E-state index contributed by atoms with van der Waals surface area (Å²) in [5.74, 6) is -0.561. The summed E-state index contributed by atoms with van der Waals surface area (Å²) in [5, 5.41) is 17.3. The molecule has 0 aromatic heterocycles. The van der Waals surface area contributed by atoms with Crippen LogP contribution in [0.2, 0.25) is 0 Å². The Labute approximate surface area is 73.3 Å². The molecule has 0 aromatic rings. The molecule has 1 atom stereocenters. The van der Waals surface area contributed by atoms with Crippen LogP contribution in [0.15, 0.2) is 22.1 Å². The largest absolute Gasteiger partial charge is 0.368 e. The van der Waals surface area contributed by atoms with Gasteiger partial charge in [-0.3, -0.25) is 15.5 Å². The van der Waals surface area contributed by atoms with E-state index >= 15 is 0 Å². The van der Waals surface area contributed by atoms with Gasteiger partial charge in [0.2, 0.25) is 11.8 Å². The lowest BCUT2D eigenvalue weighted by molar-refractivity contribution is -0.490. The number of rotatable bonds is 1. The molecular weight excluding hydrogens is 174 g/mol. The van der Waals surface area contributed by atoms with E-state index in [0.29, 0.717) is 0 Å². The van der Waals surface area contributed by atoms with Crippen LogP contribution in [0.3, 0.4) is 0 Å². The van der Waals surface area contributed by atoms with E-state index < -0.39 is 16.9 Å². The molecule has 0 amide bonds. The first-order valence-electron chi connectivity index (χ1n) is 3.38. The molecule has 0 bridgehead atoms. The first kappa shape index (κ1) is 9.04.